The van der Waals surface area contributed by atoms with Crippen molar-refractivity contribution in [3.05, 3.63) is 29.3 Å². The molecule has 0 radical (unpaired) electrons. The zero-order chi connectivity index (χ0) is 12.4. The highest BCUT2D eigenvalue weighted by atomic mass is 16.5. The minimum atomic E-state index is -0.615. The maximum Gasteiger partial charge on any atom is 0.124 e. The molecule has 1 heterocycles. The van der Waals surface area contributed by atoms with Gasteiger partial charge >= 0.3 is 0 Å². The summed E-state index contributed by atoms with van der Waals surface area (Å²) >= 11 is 0. The first kappa shape index (κ1) is 12.4. The lowest BCUT2D eigenvalue weighted by molar-refractivity contribution is -0.0230. The Labute approximate surface area is 101 Å². The molecule has 17 heavy (non-hydrogen) atoms. The van der Waals surface area contributed by atoms with E-state index in [0.717, 1.165) is 16.9 Å². The summed E-state index contributed by atoms with van der Waals surface area (Å²) in [6, 6.07) is 5.88. The van der Waals surface area contributed by atoms with Crippen LogP contribution >= 0.6 is 0 Å². The van der Waals surface area contributed by atoms with Gasteiger partial charge in [-0.25, -0.2) is 0 Å². The first-order valence-corrected chi connectivity index (χ1v) is 5.74. The molecule has 0 spiro atoms. The van der Waals surface area contributed by atoms with E-state index in [1.807, 2.05) is 25.1 Å². The van der Waals surface area contributed by atoms with E-state index in [-0.39, 0.29) is 12.7 Å². The highest BCUT2D eigenvalue weighted by molar-refractivity contribution is 5.39. The van der Waals surface area contributed by atoms with E-state index < -0.39 is 12.2 Å². The molecular formula is C13H18O4. The summed E-state index contributed by atoms with van der Waals surface area (Å²) in [5, 5.41) is 18.8. The van der Waals surface area contributed by atoms with Gasteiger partial charge in [-0.1, -0.05) is 12.1 Å². The van der Waals surface area contributed by atoms with Crippen molar-refractivity contribution >= 4 is 0 Å². The van der Waals surface area contributed by atoms with Crippen molar-refractivity contribution in [2.75, 3.05) is 13.7 Å². The highest BCUT2D eigenvalue weighted by Crippen LogP contribution is 2.37. The summed E-state index contributed by atoms with van der Waals surface area (Å²) < 4.78 is 10.9. The van der Waals surface area contributed by atoms with Crippen molar-refractivity contribution in [2.45, 2.75) is 31.7 Å². The number of benzene rings is 1. The standard InChI is InChI=1S/C13H18O4/c1-8-3-4-9(11(5-8)16-2)12-6-10(15)13(7-14)17-12/h3-5,10,12-15H,6-7H2,1-2H3/t10-,12+,13+/m0/s1. The van der Waals surface area contributed by atoms with Crippen molar-refractivity contribution in [3.8, 4) is 5.75 Å². The summed E-state index contributed by atoms with van der Waals surface area (Å²) in [6.45, 7) is 1.83. The van der Waals surface area contributed by atoms with Crippen molar-refractivity contribution in [1.29, 1.82) is 0 Å². The van der Waals surface area contributed by atoms with Gasteiger partial charge in [0.25, 0.3) is 0 Å². The first-order valence-electron chi connectivity index (χ1n) is 5.74. The zero-order valence-corrected chi connectivity index (χ0v) is 10.1. The molecule has 0 amide bonds. The third-order valence-corrected chi connectivity index (χ3v) is 3.14. The Hall–Kier alpha value is -1.10. The number of aliphatic hydroxyl groups excluding tert-OH is 2. The van der Waals surface area contributed by atoms with E-state index >= 15 is 0 Å². The van der Waals surface area contributed by atoms with Crippen LogP contribution in [-0.2, 0) is 4.74 Å². The lowest BCUT2D eigenvalue weighted by Crippen LogP contribution is -2.24. The van der Waals surface area contributed by atoms with Crippen molar-refractivity contribution < 1.29 is 19.7 Å². The van der Waals surface area contributed by atoms with Crippen LogP contribution in [-0.4, -0.2) is 36.1 Å². The summed E-state index contributed by atoms with van der Waals surface area (Å²) in [5.74, 6) is 0.765. The molecule has 1 saturated heterocycles. The number of ether oxygens (including phenoxy) is 2. The number of aryl methyl sites for hydroxylation is 1. The second-order valence-corrected chi connectivity index (χ2v) is 4.39. The molecule has 94 valence electrons. The molecule has 2 N–H and O–H groups in total. The van der Waals surface area contributed by atoms with Gasteiger partial charge in [0.2, 0.25) is 0 Å². The average molecular weight is 238 g/mol. The fourth-order valence-corrected chi connectivity index (χ4v) is 2.18. The van der Waals surface area contributed by atoms with Gasteiger partial charge < -0.3 is 19.7 Å². The van der Waals surface area contributed by atoms with Gasteiger partial charge in [-0.2, -0.15) is 0 Å². The van der Waals surface area contributed by atoms with Crippen LogP contribution in [0.4, 0.5) is 0 Å². The van der Waals surface area contributed by atoms with Gasteiger partial charge in [-0.3, -0.25) is 0 Å². The van der Waals surface area contributed by atoms with Gasteiger partial charge in [0.05, 0.1) is 25.9 Å². The molecule has 0 aromatic heterocycles. The van der Waals surface area contributed by atoms with Gasteiger partial charge in [0, 0.05) is 12.0 Å². The molecule has 3 atom stereocenters. The Morgan fingerprint density at radius 2 is 2.24 bits per heavy atom. The molecule has 1 fully saturated rings. The van der Waals surface area contributed by atoms with Gasteiger partial charge in [0.1, 0.15) is 11.9 Å². The molecule has 1 aromatic rings. The van der Waals surface area contributed by atoms with Crippen LogP contribution in [0.3, 0.4) is 0 Å². The van der Waals surface area contributed by atoms with Crippen LogP contribution in [0.15, 0.2) is 18.2 Å². The maximum atomic E-state index is 9.71. The fourth-order valence-electron chi connectivity index (χ4n) is 2.18. The van der Waals surface area contributed by atoms with E-state index in [1.54, 1.807) is 7.11 Å². The monoisotopic (exact) mass is 238 g/mol. The largest absolute Gasteiger partial charge is 0.496 e. The summed E-state index contributed by atoms with van der Waals surface area (Å²) in [7, 11) is 1.62. The van der Waals surface area contributed by atoms with E-state index in [0.29, 0.717) is 6.42 Å². The number of rotatable bonds is 3. The lowest BCUT2D eigenvalue weighted by Gasteiger charge is -2.16. The van der Waals surface area contributed by atoms with Crippen LogP contribution in [0, 0.1) is 6.92 Å². The molecular weight excluding hydrogens is 220 g/mol. The maximum absolute atomic E-state index is 9.71. The minimum absolute atomic E-state index is 0.161. The molecule has 4 nitrogen and oxygen atoms in total. The van der Waals surface area contributed by atoms with E-state index in [1.165, 1.54) is 0 Å². The smallest absolute Gasteiger partial charge is 0.124 e. The molecule has 0 unspecified atom stereocenters. The fraction of sp³-hybridized carbons (Fsp3) is 0.538. The van der Waals surface area contributed by atoms with Gasteiger partial charge in [0.15, 0.2) is 0 Å². The topological polar surface area (TPSA) is 58.9 Å². The molecule has 0 saturated carbocycles. The Bertz CT molecular complexity index is 391. The van der Waals surface area contributed by atoms with Gasteiger partial charge in [-0.05, 0) is 18.6 Å². The molecule has 0 bridgehead atoms. The highest BCUT2D eigenvalue weighted by Gasteiger charge is 2.35. The molecule has 1 aliphatic rings. The molecule has 1 aliphatic heterocycles. The Morgan fingerprint density at radius 1 is 1.47 bits per heavy atom. The van der Waals surface area contributed by atoms with E-state index in [9.17, 15) is 5.11 Å². The van der Waals surface area contributed by atoms with Crippen molar-refractivity contribution in [2.24, 2.45) is 0 Å². The quantitative estimate of drug-likeness (QED) is 0.830. The molecule has 4 heteroatoms. The summed E-state index contributed by atoms with van der Waals surface area (Å²) in [5.41, 5.74) is 2.04. The van der Waals surface area contributed by atoms with Crippen LogP contribution in [0.5, 0.6) is 5.75 Å². The Morgan fingerprint density at radius 3 is 2.82 bits per heavy atom. The number of hydrogen-bond acceptors (Lipinski definition) is 4. The lowest BCUT2D eigenvalue weighted by atomic mass is 10.0. The minimum Gasteiger partial charge on any atom is -0.496 e. The predicted octanol–water partition coefficient (Wildman–Crippen LogP) is 1.19. The SMILES string of the molecule is COc1cc(C)ccc1[C@H]1C[C@H](O)[C@@H](CO)O1. The zero-order valence-electron chi connectivity index (χ0n) is 10.1. The number of aliphatic hydroxyl groups is 2. The van der Waals surface area contributed by atoms with Crippen LogP contribution in [0.2, 0.25) is 0 Å². The number of hydrogen-bond donors (Lipinski definition) is 2. The third-order valence-electron chi connectivity index (χ3n) is 3.14. The predicted molar refractivity (Wildman–Crippen MR) is 63.1 cm³/mol. The molecule has 1 aromatic carbocycles. The second-order valence-electron chi connectivity index (χ2n) is 4.39. The first-order chi connectivity index (χ1) is 8.15. The van der Waals surface area contributed by atoms with Crippen LogP contribution < -0.4 is 4.74 Å². The molecule has 2 rings (SSSR count). The van der Waals surface area contributed by atoms with E-state index in [4.69, 9.17) is 14.6 Å². The summed E-state index contributed by atoms with van der Waals surface area (Å²) in [4.78, 5) is 0. The van der Waals surface area contributed by atoms with Gasteiger partial charge in [-0.15, -0.1) is 0 Å². The van der Waals surface area contributed by atoms with Crippen molar-refractivity contribution in [1.82, 2.24) is 0 Å². The number of methoxy groups -OCH3 is 1. The van der Waals surface area contributed by atoms with Crippen molar-refractivity contribution in [3.63, 3.8) is 0 Å². The molecule has 0 aliphatic carbocycles. The third kappa shape index (κ3) is 2.44. The average Bonchev–Trinajstić information content (AvgIpc) is 2.70. The normalized spacial score (nSPS) is 28.4. The second kappa shape index (κ2) is 5.04. The van der Waals surface area contributed by atoms with E-state index in [2.05, 4.69) is 0 Å². The Balaban J connectivity index is 2.23. The summed E-state index contributed by atoms with van der Waals surface area (Å²) in [6.07, 6.45) is -0.829. The van der Waals surface area contributed by atoms with Crippen LogP contribution in [0.1, 0.15) is 23.7 Å². The van der Waals surface area contributed by atoms with Crippen LogP contribution in [0.25, 0.3) is 0 Å². The Kier molecular flexibility index (Phi) is 3.66.